The van der Waals surface area contributed by atoms with Crippen molar-refractivity contribution in [3.63, 3.8) is 0 Å². The number of rotatable bonds is 5. The van der Waals surface area contributed by atoms with E-state index >= 15 is 0 Å². The van der Waals surface area contributed by atoms with Crippen LogP contribution in [0.4, 0.5) is 0 Å². The number of likely N-dealkylation sites (tertiary alicyclic amines) is 1. The highest BCUT2D eigenvalue weighted by atomic mass is 16.5. The van der Waals surface area contributed by atoms with Crippen LogP contribution in [0.1, 0.15) is 29.9 Å². The van der Waals surface area contributed by atoms with Crippen molar-refractivity contribution < 1.29 is 14.3 Å². The summed E-state index contributed by atoms with van der Waals surface area (Å²) in [4.78, 5) is 17.8. The number of amides is 1. The Labute approximate surface area is 165 Å². The van der Waals surface area contributed by atoms with Gasteiger partial charge in [0.15, 0.2) is 6.61 Å². The minimum Gasteiger partial charge on any atom is -0.497 e. The number of methoxy groups -OCH3 is 1. The third kappa shape index (κ3) is 3.84. The van der Waals surface area contributed by atoms with Crippen LogP contribution >= 0.6 is 0 Å². The zero-order valence-corrected chi connectivity index (χ0v) is 16.4. The summed E-state index contributed by atoms with van der Waals surface area (Å²) in [5.74, 6) is 2.11. The molecule has 1 fully saturated rings. The second-order valence-corrected chi connectivity index (χ2v) is 7.41. The molecule has 1 saturated heterocycles. The molecule has 0 spiro atoms. The lowest BCUT2D eigenvalue weighted by molar-refractivity contribution is -0.134. The van der Waals surface area contributed by atoms with E-state index < -0.39 is 0 Å². The quantitative estimate of drug-likeness (QED) is 0.721. The summed E-state index contributed by atoms with van der Waals surface area (Å²) in [6.45, 7) is 3.65. The fourth-order valence-corrected chi connectivity index (χ4v) is 3.90. The van der Waals surface area contributed by atoms with Crippen molar-refractivity contribution in [2.45, 2.75) is 25.7 Å². The molecule has 1 aliphatic heterocycles. The van der Waals surface area contributed by atoms with Crippen LogP contribution in [0.2, 0.25) is 0 Å². The zero-order valence-electron chi connectivity index (χ0n) is 16.4. The van der Waals surface area contributed by atoms with Crippen molar-refractivity contribution in [3.05, 3.63) is 59.8 Å². The molecule has 1 aliphatic rings. The Morgan fingerprint density at radius 2 is 1.82 bits per heavy atom. The maximum Gasteiger partial charge on any atom is 0.260 e. The Morgan fingerprint density at radius 3 is 2.54 bits per heavy atom. The third-order valence-electron chi connectivity index (χ3n) is 5.59. The van der Waals surface area contributed by atoms with Crippen molar-refractivity contribution in [1.29, 1.82) is 0 Å². The van der Waals surface area contributed by atoms with Gasteiger partial charge in [0.05, 0.1) is 7.11 Å². The molecule has 4 rings (SSSR count). The van der Waals surface area contributed by atoms with Crippen molar-refractivity contribution >= 4 is 16.8 Å². The van der Waals surface area contributed by atoms with Crippen LogP contribution in [0.3, 0.4) is 0 Å². The number of carbonyl (C=O) groups is 1. The summed E-state index contributed by atoms with van der Waals surface area (Å²) in [5.41, 5.74) is 3.62. The van der Waals surface area contributed by atoms with E-state index in [1.54, 1.807) is 7.11 Å². The first-order valence-electron chi connectivity index (χ1n) is 9.76. The van der Waals surface area contributed by atoms with Gasteiger partial charge in [-0.1, -0.05) is 17.7 Å². The van der Waals surface area contributed by atoms with E-state index in [0.29, 0.717) is 5.92 Å². The average Bonchev–Trinajstić information content (AvgIpc) is 3.16. The molecule has 0 atom stereocenters. The molecule has 0 aliphatic carbocycles. The van der Waals surface area contributed by atoms with Crippen LogP contribution in [0.15, 0.2) is 48.7 Å². The molecule has 1 N–H and O–H groups in total. The summed E-state index contributed by atoms with van der Waals surface area (Å²) in [5, 5.41) is 1.21. The minimum atomic E-state index is 0.0552. The maximum atomic E-state index is 12.5. The Balaban J connectivity index is 1.35. The molecule has 1 amide bonds. The molecule has 2 heterocycles. The summed E-state index contributed by atoms with van der Waals surface area (Å²) >= 11 is 0. The normalized spacial score (nSPS) is 15.0. The van der Waals surface area contributed by atoms with Crippen molar-refractivity contribution in [1.82, 2.24) is 9.88 Å². The number of aromatic amines is 1. The number of carbonyl (C=O) groups excluding carboxylic acids is 1. The predicted molar refractivity (Wildman–Crippen MR) is 110 cm³/mol. The molecule has 2 aromatic carbocycles. The van der Waals surface area contributed by atoms with Crippen molar-refractivity contribution in [2.24, 2.45) is 0 Å². The first-order valence-corrected chi connectivity index (χ1v) is 9.76. The van der Waals surface area contributed by atoms with Gasteiger partial charge >= 0.3 is 0 Å². The van der Waals surface area contributed by atoms with Crippen LogP contribution in [0, 0.1) is 6.92 Å². The van der Waals surface area contributed by atoms with Crippen molar-refractivity contribution in [2.75, 3.05) is 26.8 Å². The number of H-pyrrole nitrogens is 1. The molecular weight excluding hydrogens is 352 g/mol. The van der Waals surface area contributed by atoms with Gasteiger partial charge < -0.3 is 19.4 Å². The first kappa shape index (κ1) is 18.4. The number of hydrogen-bond donors (Lipinski definition) is 1. The van der Waals surface area contributed by atoms with Gasteiger partial charge in [0, 0.05) is 30.2 Å². The summed E-state index contributed by atoms with van der Waals surface area (Å²) in [6, 6.07) is 13.9. The predicted octanol–water partition coefficient (Wildman–Crippen LogP) is 4.27. The van der Waals surface area contributed by atoms with Crippen LogP contribution in [-0.2, 0) is 4.79 Å². The van der Waals surface area contributed by atoms with Gasteiger partial charge in [-0.25, -0.2) is 0 Å². The average molecular weight is 378 g/mol. The Morgan fingerprint density at radius 1 is 1.11 bits per heavy atom. The zero-order chi connectivity index (χ0) is 19.5. The van der Waals surface area contributed by atoms with E-state index in [1.165, 1.54) is 16.5 Å². The summed E-state index contributed by atoms with van der Waals surface area (Å²) in [7, 11) is 1.69. The first-order chi connectivity index (χ1) is 13.6. The smallest absolute Gasteiger partial charge is 0.260 e. The highest BCUT2D eigenvalue weighted by Gasteiger charge is 2.25. The van der Waals surface area contributed by atoms with E-state index in [0.717, 1.165) is 42.9 Å². The minimum absolute atomic E-state index is 0.0552. The van der Waals surface area contributed by atoms with E-state index in [1.807, 2.05) is 42.2 Å². The maximum absolute atomic E-state index is 12.5. The molecule has 0 unspecified atom stereocenters. The van der Waals surface area contributed by atoms with Gasteiger partial charge in [-0.05, 0) is 61.6 Å². The number of benzene rings is 2. The number of aromatic nitrogens is 1. The number of nitrogens with one attached hydrogen (secondary N) is 1. The van der Waals surface area contributed by atoms with Crippen molar-refractivity contribution in [3.8, 4) is 11.5 Å². The molecule has 0 bridgehead atoms. The number of ether oxygens (including phenoxy) is 2. The number of hydrogen-bond acceptors (Lipinski definition) is 3. The fraction of sp³-hybridized carbons (Fsp3) is 0.348. The van der Waals surface area contributed by atoms with Gasteiger partial charge in [-0.2, -0.15) is 0 Å². The summed E-state index contributed by atoms with van der Waals surface area (Å²) in [6.07, 6.45) is 4.02. The molecular formula is C23H26N2O3. The molecule has 5 heteroatoms. The lowest BCUT2D eigenvalue weighted by atomic mass is 9.89. The summed E-state index contributed by atoms with van der Waals surface area (Å²) < 4.78 is 11.0. The van der Waals surface area contributed by atoms with Gasteiger partial charge in [0.2, 0.25) is 0 Å². The van der Waals surface area contributed by atoms with Crippen LogP contribution < -0.4 is 9.47 Å². The largest absolute Gasteiger partial charge is 0.497 e. The molecule has 0 radical (unpaired) electrons. The number of nitrogens with zero attached hydrogens (tertiary/aromatic N) is 1. The second-order valence-electron chi connectivity index (χ2n) is 7.41. The molecule has 1 aromatic heterocycles. The Kier molecular flexibility index (Phi) is 5.24. The second kappa shape index (κ2) is 7.97. The number of piperidine rings is 1. The molecule has 0 saturated carbocycles. The van der Waals surface area contributed by atoms with E-state index in [-0.39, 0.29) is 12.5 Å². The van der Waals surface area contributed by atoms with E-state index in [4.69, 9.17) is 9.47 Å². The van der Waals surface area contributed by atoms with Crippen LogP contribution in [0.25, 0.3) is 10.9 Å². The van der Waals surface area contributed by atoms with Gasteiger partial charge in [-0.3, -0.25) is 4.79 Å². The number of fused-ring (bicyclic) bond motifs is 1. The molecule has 146 valence electrons. The molecule has 5 nitrogen and oxygen atoms in total. The topological polar surface area (TPSA) is 54.6 Å². The Hall–Kier alpha value is -2.95. The lowest BCUT2D eigenvalue weighted by Gasteiger charge is -2.32. The monoisotopic (exact) mass is 378 g/mol. The van der Waals surface area contributed by atoms with Crippen LogP contribution in [-0.4, -0.2) is 42.6 Å². The van der Waals surface area contributed by atoms with Crippen LogP contribution in [0.5, 0.6) is 11.5 Å². The third-order valence-corrected chi connectivity index (χ3v) is 5.59. The highest BCUT2D eigenvalue weighted by molar-refractivity contribution is 5.85. The number of aryl methyl sites for hydroxylation is 1. The molecule has 28 heavy (non-hydrogen) atoms. The van der Waals surface area contributed by atoms with Gasteiger partial charge in [0.1, 0.15) is 11.5 Å². The fourth-order valence-electron chi connectivity index (χ4n) is 3.90. The van der Waals surface area contributed by atoms with Gasteiger partial charge in [-0.15, -0.1) is 0 Å². The van der Waals surface area contributed by atoms with E-state index in [2.05, 4.69) is 23.3 Å². The van der Waals surface area contributed by atoms with E-state index in [9.17, 15) is 4.79 Å². The SMILES string of the molecule is COc1ccc2[nH]cc(C3CCN(C(=O)COc4ccc(C)cc4)CC3)c2c1. The lowest BCUT2D eigenvalue weighted by Crippen LogP contribution is -2.40. The Bertz CT molecular complexity index is 954. The standard InChI is InChI=1S/C23H26N2O3/c1-16-3-5-18(6-4-16)28-15-23(26)25-11-9-17(10-12-25)21-14-24-22-8-7-19(27-2)13-20(21)22/h3-8,13-14,17,24H,9-12,15H2,1-2H3. The molecule has 3 aromatic rings. The van der Waals surface area contributed by atoms with Gasteiger partial charge in [0.25, 0.3) is 5.91 Å². The highest BCUT2D eigenvalue weighted by Crippen LogP contribution is 2.34.